The first-order valence-electron chi connectivity index (χ1n) is 10.5. The van der Waals surface area contributed by atoms with Gasteiger partial charge in [0.25, 0.3) is 5.91 Å². The van der Waals surface area contributed by atoms with Crippen LogP contribution in [0.15, 0.2) is 18.3 Å². The van der Waals surface area contributed by atoms with Crippen LogP contribution in [0.3, 0.4) is 0 Å². The molecule has 1 saturated heterocycles. The van der Waals surface area contributed by atoms with Gasteiger partial charge in [-0.2, -0.15) is 5.10 Å². The first kappa shape index (κ1) is 22.1. The molecule has 2 amide bonds. The van der Waals surface area contributed by atoms with Crippen LogP contribution in [0.25, 0.3) is 10.9 Å². The zero-order chi connectivity index (χ0) is 21.9. The lowest BCUT2D eigenvalue weighted by Gasteiger charge is -2.33. The summed E-state index contributed by atoms with van der Waals surface area (Å²) in [5, 5.41) is 17.2. The number of amides is 2. The van der Waals surface area contributed by atoms with Crippen molar-refractivity contribution >= 4 is 22.9 Å². The minimum absolute atomic E-state index is 0.0856. The van der Waals surface area contributed by atoms with E-state index in [9.17, 15) is 9.59 Å². The summed E-state index contributed by atoms with van der Waals surface area (Å²) in [7, 11) is 0. The molecule has 2 heterocycles. The van der Waals surface area contributed by atoms with E-state index in [1.165, 1.54) is 0 Å². The number of hydrogen-bond donors (Lipinski definition) is 2. The van der Waals surface area contributed by atoms with Gasteiger partial charge in [-0.15, -0.1) is 0 Å². The summed E-state index contributed by atoms with van der Waals surface area (Å²) >= 11 is 0. The quantitative estimate of drug-likeness (QED) is 0.781. The number of rotatable bonds is 5. The molecule has 0 saturated carbocycles. The normalized spacial score (nSPS) is 15.4. The first-order valence-corrected chi connectivity index (χ1v) is 10.5. The Morgan fingerprint density at radius 3 is 2.60 bits per heavy atom. The number of aliphatic hydroxyl groups is 1. The number of aliphatic hydroxyl groups excluding tert-OH is 1. The fourth-order valence-corrected chi connectivity index (χ4v) is 3.77. The molecule has 2 N–H and O–H groups in total. The Kier molecular flexibility index (Phi) is 6.65. The number of nitrogens with one attached hydrogen (secondary N) is 1. The van der Waals surface area contributed by atoms with E-state index in [-0.39, 0.29) is 25.2 Å². The molecule has 0 bridgehead atoms. The molecular formula is C22H32N4O4. The second kappa shape index (κ2) is 9.04. The Hall–Kier alpha value is -2.61. The molecule has 1 aliphatic rings. The molecule has 1 aliphatic heterocycles. The van der Waals surface area contributed by atoms with Gasteiger partial charge in [0, 0.05) is 43.3 Å². The molecule has 164 valence electrons. The maximum Gasteiger partial charge on any atom is 0.410 e. The van der Waals surface area contributed by atoms with Gasteiger partial charge in [0.15, 0.2) is 0 Å². The summed E-state index contributed by atoms with van der Waals surface area (Å²) in [6.07, 6.45) is 3.56. The lowest BCUT2D eigenvalue weighted by molar-refractivity contribution is 0.0177. The van der Waals surface area contributed by atoms with Crippen molar-refractivity contribution in [1.82, 2.24) is 20.0 Å². The maximum atomic E-state index is 12.3. The van der Waals surface area contributed by atoms with Gasteiger partial charge in [0.05, 0.1) is 12.1 Å². The molecule has 0 atom stereocenters. The van der Waals surface area contributed by atoms with E-state index >= 15 is 0 Å². The highest BCUT2D eigenvalue weighted by Gasteiger charge is 2.27. The number of likely N-dealkylation sites (tertiary alicyclic amines) is 1. The Bertz CT molecular complexity index is 908. The third kappa shape index (κ3) is 5.30. The minimum Gasteiger partial charge on any atom is -0.444 e. The number of ether oxygens (including phenoxy) is 1. The molecule has 1 aromatic heterocycles. The summed E-state index contributed by atoms with van der Waals surface area (Å²) in [5.74, 6) is 0.247. The van der Waals surface area contributed by atoms with E-state index in [1.54, 1.807) is 11.0 Å². The van der Waals surface area contributed by atoms with Crippen molar-refractivity contribution in [3.05, 3.63) is 29.5 Å². The van der Waals surface area contributed by atoms with E-state index in [2.05, 4.69) is 10.4 Å². The Labute approximate surface area is 177 Å². The van der Waals surface area contributed by atoms with Gasteiger partial charge in [-0.05, 0) is 64.2 Å². The van der Waals surface area contributed by atoms with Crippen molar-refractivity contribution < 1.29 is 19.4 Å². The minimum atomic E-state index is -0.477. The predicted molar refractivity (Wildman–Crippen MR) is 114 cm³/mol. The number of carbonyl (C=O) groups is 2. The summed E-state index contributed by atoms with van der Waals surface area (Å²) < 4.78 is 7.41. The van der Waals surface area contributed by atoms with Crippen molar-refractivity contribution in [2.24, 2.45) is 5.92 Å². The van der Waals surface area contributed by atoms with Gasteiger partial charge in [0.1, 0.15) is 5.60 Å². The molecule has 1 aromatic carbocycles. The van der Waals surface area contributed by atoms with Crippen LogP contribution in [0, 0.1) is 12.8 Å². The summed E-state index contributed by atoms with van der Waals surface area (Å²) in [6, 6.07) is 3.64. The third-order valence-corrected chi connectivity index (χ3v) is 5.36. The smallest absolute Gasteiger partial charge is 0.410 e. The maximum absolute atomic E-state index is 12.3. The Balaban J connectivity index is 1.63. The first-order chi connectivity index (χ1) is 14.2. The fraction of sp³-hybridized carbons (Fsp3) is 0.591. The fourth-order valence-electron chi connectivity index (χ4n) is 3.77. The van der Waals surface area contributed by atoms with Crippen molar-refractivity contribution in [3.8, 4) is 0 Å². The monoisotopic (exact) mass is 416 g/mol. The summed E-state index contributed by atoms with van der Waals surface area (Å²) in [4.78, 5) is 26.3. The predicted octanol–water partition coefficient (Wildman–Crippen LogP) is 2.71. The standard InChI is InChI=1S/C22H32N4O4/c1-15-17(20(28)23-9-12-27)5-6-19-18(15)14-26(24-19)13-16-7-10-25(11-8-16)21(29)30-22(2,3)4/h5-6,14,16,27H,7-13H2,1-4H3,(H,23,28). The third-order valence-electron chi connectivity index (χ3n) is 5.36. The lowest BCUT2D eigenvalue weighted by Crippen LogP contribution is -2.42. The van der Waals surface area contributed by atoms with Crippen molar-refractivity contribution in [3.63, 3.8) is 0 Å². The highest BCUT2D eigenvalue weighted by atomic mass is 16.6. The lowest BCUT2D eigenvalue weighted by atomic mass is 9.97. The highest BCUT2D eigenvalue weighted by molar-refractivity contribution is 6.00. The van der Waals surface area contributed by atoms with Crippen molar-refractivity contribution in [1.29, 1.82) is 0 Å². The molecule has 30 heavy (non-hydrogen) atoms. The second-order valence-corrected chi connectivity index (χ2v) is 8.91. The topological polar surface area (TPSA) is 96.7 Å². The van der Waals surface area contributed by atoms with Gasteiger partial charge < -0.3 is 20.1 Å². The van der Waals surface area contributed by atoms with Crippen molar-refractivity contribution in [2.75, 3.05) is 26.2 Å². The molecule has 0 aliphatic carbocycles. The van der Waals surface area contributed by atoms with Gasteiger partial charge in [-0.25, -0.2) is 4.79 Å². The number of carbonyl (C=O) groups excluding carboxylic acids is 2. The van der Waals surface area contributed by atoms with Gasteiger partial charge in [0.2, 0.25) is 0 Å². The molecule has 0 spiro atoms. The number of piperidine rings is 1. The number of hydrogen-bond acceptors (Lipinski definition) is 5. The molecule has 0 unspecified atom stereocenters. The Morgan fingerprint density at radius 1 is 1.27 bits per heavy atom. The molecule has 2 aromatic rings. The number of aryl methyl sites for hydroxylation is 1. The average Bonchev–Trinajstić information content (AvgIpc) is 3.09. The molecule has 1 fully saturated rings. The van der Waals surface area contributed by atoms with Crippen LogP contribution in [0.2, 0.25) is 0 Å². The SMILES string of the molecule is Cc1c(C(=O)NCCO)ccc2nn(CC3CCN(C(=O)OC(C)(C)C)CC3)cc12. The number of aromatic nitrogens is 2. The van der Waals surface area contributed by atoms with E-state index in [4.69, 9.17) is 9.84 Å². The van der Waals surface area contributed by atoms with E-state index in [1.807, 2.05) is 44.6 Å². The van der Waals surface area contributed by atoms with Crippen LogP contribution in [0.5, 0.6) is 0 Å². The van der Waals surface area contributed by atoms with Crippen LogP contribution in [0.4, 0.5) is 4.79 Å². The highest BCUT2D eigenvalue weighted by Crippen LogP contribution is 2.24. The van der Waals surface area contributed by atoms with E-state index < -0.39 is 5.60 Å². The van der Waals surface area contributed by atoms with Gasteiger partial charge >= 0.3 is 6.09 Å². The van der Waals surface area contributed by atoms with Crippen LogP contribution in [-0.2, 0) is 11.3 Å². The average molecular weight is 417 g/mol. The van der Waals surface area contributed by atoms with Crippen LogP contribution >= 0.6 is 0 Å². The second-order valence-electron chi connectivity index (χ2n) is 8.91. The summed E-state index contributed by atoms with van der Waals surface area (Å²) in [6.45, 7) is 9.86. The number of fused-ring (bicyclic) bond motifs is 1. The largest absolute Gasteiger partial charge is 0.444 e. The number of benzene rings is 1. The van der Waals surface area contributed by atoms with E-state index in [0.29, 0.717) is 24.6 Å². The molecule has 8 heteroatoms. The van der Waals surface area contributed by atoms with E-state index in [0.717, 1.165) is 35.9 Å². The molecule has 0 radical (unpaired) electrons. The van der Waals surface area contributed by atoms with Crippen molar-refractivity contribution in [2.45, 2.75) is 52.7 Å². The molecule has 3 rings (SSSR count). The zero-order valence-electron chi connectivity index (χ0n) is 18.3. The Morgan fingerprint density at radius 2 is 1.97 bits per heavy atom. The van der Waals surface area contributed by atoms with Crippen LogP contribution in [0.1, 0.15) is 49.5 Å². The zero-order valence-corrected chi connectivity index (χ0v) is 18.3. The van der Waals surface area contributed by atoms with Crippen LogP contribution in [-0.4, -0.2) is 63.6 Å². The summed E-state index contributed by atoms with van der Waals surface area (Å²) in [5.41, 5.74) is 1.86. The molecule has 8 nitrogen and oxygen atoms in total. The van der Waals surface area contributed by atoms with Gasteiger partial charge in [-0.3, -0.25) is 9.48 Å². The van der Waals surface area contributed by atoms with Crippen LogP contribution < -0.4 is 5.32 Å². The van der Waals surface area contributed by atoms with Gasteiger partial charge in [-0.1, -0.05) is 0 Å². The number of nitrogens with zero attached hydrogens (tertiary/aromatic N) is 3. The molecular weight excluding hydrogens is 384 g/mol.